The number of fused-ring (bicyclic) bond motifs is 1. The number of hydrogen-bond acceptors (Lipinski definition) is 3. The minimum atomic E-state index is -3.74. The highest BCUT2D eigenvalue weighted by Crippen LogP contribution is 2.43. The minimum Gasteiger partial charge on any atom is -0.395 e. The summed E-state index contributed by atoms with van der Waals surface area (Å²) in [6, 6.07) is 11.9. The first kappa shape index (κ1) is 16.1. The summed E-state index contributed by atoms with van der Waals surface area (Å²) < 4.78 is 35.2. The van der Waals surface area contributed by atoms with E-state index in [4.69, 9.17) is 11.6 Å². The van der Waals surface area contributed by atoms with Gasteiger partial charge in [-0.15, -0.1) is 8.78 Å². The lowest BCUT2D eigenvalue weighted by Crippen LogP contribution is -2.43. The van der Waals surface area contributed by atoms with Gasteiger partial charge in [0.15, 0.2) is 11.5 Å². The van der Waals surface area contributed by atoms with Crippen molar-refractivity contribution >= 4 is 17.5 Å². The van der Waals surface area contributed by atoms with Crippen molar-refractivity contribution in [3.63, 3.8) is 0 Å². The monoisotopic (exact) mass is 365 g/mol. The van der Waals surface area contributed by atoms with E-state index < -0.39 is 12.2 Å². The van der Waals surface area contributed by atoms with Crippen molar-refractivity contribution in [3.8, 4) is 11.5 Å². The normalized spacial score (nSPS) is 23.0. The molecule has 7 heteroatoms. The molecule has 0 radical (unpaired) electrons. The quantitative estimate of drug-likeness (QED) is 0.880. The zero-order chi connectivity index (χ0) is 17.6. The van der Waals surface area contributed by atoms with Crippen LogP contribution in [0.15, 0.2) is 42.5 Å². The molecule has 2 aliphatic rings. The highest BCUT2D eigenvalue weighted by Gasteiger charge is 2.45. The van der Waals surface area contributed by atoms with Gasteiger partial charge in [0, 0.05) is 11.1 Å². The Balaban J connectivity index is 1.41. The molecule has 1 heterocycles. The Bertz CT molecular complexity index is 837. The third-order valence-electron chi connectivity index (χ3n) is 4.47. The molecule has 1 fully saturated rings. The van der Waals surface area contributed by atoms with E-state index >= 15 is 0 Å². The topological polar surface area (TPSA) is 47.6 Å². The molecule has 4 nitrogen and oxygen atoms in total. The van der Waals surface area contributed by atoms with Crippen molar-refractivity contribution in [2.24, 2.45) is 0 Å². The molecule has 1 saturated carbocycles. The van der Waals surface area contributed by atoms with E-state index in [0.717, 1.165) is 18.4 Å². The number of nitrogens with one attached hydrogen (secondary N) is 1. The Morgan fingerprint density at radius 2 is 1.92 bits per heavy atom. The number of amides is 1. The standard InChI is InChI=1S/C18H14ClF2NO3/c19-12-4-1-3-10(7-12)11-8-13(9-11)22-17(23)14-5-2-6-15-16(14)25-18(20,21)24-15/h1-7,11,13H,8-9H2,(H,22,23). The number of ether oxygens (including phenoxy) is 2. The summed E-state index contributed by atoms with van der Waals surface area (Å²) in [6.07, 6.45) is -2.20. The summed E-state index contributed by atoms with van der Waals surface area (Å²) in [5.74, 6) is -0.485. The second-order valence-electron chi connectivity index (χ2n) is 6.19. The van der Waals surface area contributed by atoms with Crippen molar-refractivity contribution in [3.05, 3.63) is 58.6 Å². The second-order valence-corrected chi connectivity index (χ2v) is 6.63. The lowest BCUT2D eigenvalue weighted by Gasteiger charge is -2.36. The SMILES string of the molecule is O=C(NC1CC(c2cccc(Cl)c2)C1)c1cccc2c1OC(F)(F)O2. The number of carbonyl (C=O) groups excluding carboxylic acids is 1. The van der Waals surface area contributed by atoms with Crippen LogP contribution in [-0.2, 0) is 0 Å². The molecule has 4 rings (SSSR count). The van der Waals surface area contributed by atoms with Gasteiger partial charge in [-0.1, -0.05) is 29.8 Å². The number of rotatable bonds is 3. The summed E-state index contributed by atoms with van der Waals surface area (Å²) in [6.45, 7) is 0. The summed E-state index contributed by atoms with van der Waals surface area (Å²) in [7, 11) is 0. The molecule has 2 aromatic rings. The van der Waals surface area contributed by atoms with E-state index in [2.05, 4.69) is 14.8 Å². The lowest BCUT2D eigenvalue weighted by molar-refractivity contribution is -0.286. The number of carbonyl (C=O) groups is 1. The minimum absolute atomic E-state index is 0.0184. The molecule has 1 aliphatic carbocycles. The fourth-order valence-corrected chi connectivity index (χ4v) is 3.38. The number of halogens is 3. The van der Waals surface area contributed by atoms with Crippen LogP contribution in [0.5, 0.6) is 11.5 Å². The third-order valence-corrected chi connectivity index (χ3v) is 4.70. The molecule has 0 bridgehead atoms. The Kier molecular flexibility index (Phi) is 3.80. The van der Waals surface area contributed by atoms with Crippen LogP contribution in [0.2, 0.25) is 5.02 Å². The fourth-order valence-electron chi connectivity index (χ4n) is 3.18. The zero-order valence-electron chi connectivity index (χ0n) is 13.0. The summed E-state index contributed by atoms with van der Waals surface area (Å²) in [5, 5.41) is 3.53. The molecule has 0 unspecified atom stereocenters. The predicted molar refractivity (Wildman–Crippen MR) is 87.3 cm³/mol. The van der Waals surface area contributed by atoms with Gasteiger partial charge in [-0.2, -0.15) is 0 Å². The van der Waals surface area contributed by atoms with E-state index in [1.807, 2.05) is 24.3 Å². The number of alkyl halides is 2. The smallest absolute Gasteiger partial charge is 0.395 e. The largest absolute Gasteiger partial charge is 0.586 e. The van der Waals surface area contributed by atoms with Crippen LogP contribution in [0.1, 0.15) is 34.7 Å². The van der Waals surface area contributed by atoms with E-state index in [1.54, 1.807) is 0 Å². The molecule has 1 amide bonds. The van der Waals surface area contributed by atoms with E-state index in [0.29, 0.717) is 10.9 Å². The molecule has 25 heavy (non-hydrogen) atoms. The van der Waals surface area contributed by atoms with E-state index in [-0.39, 0.29) is 23.1 Å². The van der Waals surface area contributed by atoms with Crippen molar-refractivity contribution in [1.82, 2.24) is 5.32 Å². The van der Waals surface area contributed by atoms with Gasteiger partial charge in [0.25, 0.3) is 5.91 Å². The molecule has 130 valence electrons. The molecular weight excluding hydrogens is 352 g/mol. The second kappa shape index (κ2) is 5.88. The first-order valence-electron chi connectivity index (χ1n) is 7.86. The highest BCUT2D eigenvalue weighted by atomic mass is 35.5. The average molecular weight is 366 g/mol. The molecule has 0 saturated heterocycles. The van der Waals surface area contributed by atoms with Crippen molar-refractivity contribution in [2.75, 3.05) is 0 Å². The molecule has 0 aromatic heterocycles. The first-order valence-corrected chi connectivity index (χ1v) is 8.24. The van der Waals surface area contributed by atoms with E-state index in [9.17, 15) is 13.6 Å². The van der Waals surface area contributed by atoms with Crippen LogP contribution < -0.4 is 14.8 Å². The average Bonchev–Trinajstić information content (AvgIpc) is 2.83. The molecule has 1 N–H and O–H groups in total. The van der Waals surface area contributed by atoms with Gasteiger partial charge >= 0.3 is 6.29 Å². The number of para-hydroxylation sites is 1. The van der Waals surface area contributed by atoms with Gasteiger partial charge in [0.1, 0.15) is 0 Å². The fraction of sp³-hybridized carbons (Fsp3) is 0.278. The summed E-state index contributed by atoms with van der Waals surface area (Å²) >= 11 is 5.99. The maximum Gasteiger partial charge on any atom is 0.586 e. The summed E-state index contributed by atoms with van der Waals surface area (Å²) in [5.41, 5.74) is 1.18. The Hall–Kier alpha value is -2.34. The highest BCUT2D eigenvalue weighted by molar-refractivity contribution is 6.30. The van der Waals surface area contributed by atoms with Crippen LogP contribution >= 0.6 is 11.6 Å². The van der Waals surface area contributed by atoms with Crippen LogP contribution in [0.3, 0.4) is 0 Å². The molecular formula is C18H14ClF2NO3. The maximum absolute atomic E-state index is 13.2. The Morgan fingerprint density at radius 1 is 1.16 bits per heavy atom. The number of benzene rings is 2. The summed E-state index contributed by atoms with van der Waals surface area (Å²) in [4.78, 5) is 12.4. The van der Waals surface area contributed by atoms with Crippen LogP contribution in [0.4, 0.5) is 8.78 Å². The molecule has 1 aliphatic heterocycles. The maximum atomic E-state index is 13.2. The van der Waals surface area contributed by atoms with Crippen molar-refractivity contribution in [2.45, 2.75) is 31.1 Å². The van der Waals surface area contributed by atoms with Gasteiger partial charge in [-0.3, -0.25) is 4.79 Å². The predicted octanol–water partition coefficient (Wildman–Crippen LogP) is 4.34. The van der Waals surface area contributed by atoms with Crippen LogP contribution in [0, 0.1) is 0 Å². The van der Waals surface area contributed by atoms with Gasteiger partial charge in [0.05, 0.1) is 5.56 Å². The lowest BCUT2D eigenvalue weighted by atomic mass is 9.76. The van der Waals surface area contributed by atoms with Crippen molar-refractivity contribution in [1.29, 1.82) is 0 Å². The van der Waals surface area contributed by atoms with Gasteiger partial charge in [-0.25, -0.2) is 0 Å². The van der Waals surface area contributed by atoms with Crippen LogP contribution in [-0.4, -0.2) is 18.2 Å². The van der Waals surface area contributed by atoms with E-state index in [1.165, 1.54) is 18.2 Å². The van der Waals surface area contributed by atoms with Gasteiger partial charge in [0.2, 0.25) is 0 Å². The van der Waals surface area contributed by atoms with Gasteiger partial charge in [-0.05, 0) is 48.6 Å². The third kappa shape index (κ3) is 3.14. The Morgan fingerprint density at radius 3 is 2.68 bits per heavy atom. The molecule has 2 aromatic carbocycles. The molecule has 0 atom stereocenters. The zero-order valence-corrected chi connectivity index (χ0v) is 13.7. The van der Waals surface area contributed by atoms with Crippen LogP contribution in [0.25, 0.3) is 0 Å². The number of hydrogen-bond donors (Lipinski definition) is 1. The first-order chi connectivity index (χ1) is 11.9. The Labute approximate surface area is 147 Å². The van der Waals surface area contributed by atoms with Gasteiger partial charge < -0.3 is 14.8 Å². The molecule has 0 spiro atoms. The van der Waals surface area contributed by atoms with Crippen molar-refractivity contribution < 1.29 is 23.0 Å².